The summed E-state index contributed by atoms with van der Waals surface area (Å²) in [6, 6.07) is 8.69. The van der Waals surface area contributed by atoms with Crippen LogP contribution in [0.4, 0.5) is 5.69 Å². The van der Waals surface area contributed by atoms with Crippen LogP contribution in [-0.4, -0.2) is 31.2 Å². The van der Waals surface area contributed by atoms with Crippen molar-refractivity contribution in [2.45, 2.75) is 33.3 Å². The SMILES string of the molecule is Cc1cccc(C)c1NC(=O)[C@H](C)OC(=O)c1cc(Cl)c2c(c1)OCCCO2. The smallest absolute Gasteiger partial charge is 0.339 e. The van der Waals surface area contributed by atoms with E-state index in [0.717, 1.165) is 17.5 Å². The second-order valence-corrected chi connectivity index (χ2v) is 7.05. The van der Waals surface area contributed by atoms with Crippen LogP contribution < -0.4 is 14.8 Å². The highest BCUT2D eigenvalue weighted by Gasteiger charge is 2.23. The van der Waals surface area contributed by atoms with Gasteiger partial charge in [-0.05, 0) is 44.0 Å². The molecule has 2 aromatic carbocycles. The van der Waals surface area contributed by atoms with E-state index in [1.807, 2.05) is 32.0 Å². The predicted molar refractivity (Wildman–Crippen MR) is 106 cm³/mol. The number of aryl methyl sites for hydroxylation is 2. The molecule has 0 aliphatic carbocycles. The molecule has 0 saturated heterocycles. The molecule has 1 heterocycles. The summed E-state index contributed by atoms with van der Waals surface area (Å²) in [5.74, 6) is -0.269. The van der Waals surface area contributed by atoms with E-state index in [0.29, 0.717) is 30.4 Å². The summed E-state index contributed by atoms with van der Waals surface area (Å²) in [5.41, 5.74) is 2.78. The number of fused-ring (bicyclic) bond motifs is 1. The van der Waals surface area contributed by atoms with Crippen molar-refractivity contribution in [2.75, 3.05) is 18.5 Å². The van der Waals surface area contributed by atoms with Crippen LogP contribution in [0.2, 0.25) is 5.02 Å². The Balaban J connectivity index is 1.71. The Kier molecular flexibility index (Phi) is 6.09. The molecule has 6 nitrogen and oxygen atoms in total. The van der Waals surface area contributed by atoms with Crippen LogP contribution in [0.1, 0.15) is 34.8 Å². The van der Waals surface area contributed by atoms with E-state index in [4.69, 9.17) is 25.8 Å². The Morgan fingerprint density at radius 2 is 1.82 bits per heavy atom. The van der Waals surface area contributed by atoms with Crippen LogP contribution in [0.25, 0.3) is 0 Å². The number of carbonyl (C=O) groups is 2. The molecule has 0 fully saturated rings. The molecular weight excluding hydrogens is 382 g/mol. The van der Waals surface area contributed by atoms with Crippen molar-refractivity contribution in [3.05, 3.63) is 52.0 Å². The Morgan fingerprint density at radius 3 is 2.54 bits per heavy atom. The van der Waals surface area contributed by atoms with E-state index in [2.05, 4.69) is 5.32 Å². The number of nitrogens with one attached hydrogen (secondary N) is 1. The number of benzene rings is 2. The van der Waals surface area contributed by atoms with E-state index in [1.54, 1.807) is 0 Å². The fraction of sp³-hybridized carbons (Fsp3) is 0.333. The van der Waals surface area contributed by atoms with Crippen LogP contribution >= 0.6 is 11.6 Å². The molecule has 0 spiro atoms. The van der Waals surface area contributed by atoms with Gasteiger partial charge in [-0.2, -0.15) is 0 Å². The summed E-state index contributed by atoms with van der Waals surface area (Å²) in [6.07, 6.45) is -0.262. The van der Waals surface area contributed by atoms with Gasteiger partial charge in [0, 0.05) is 12.1 Å². The van der Waals surface area contributed by atoms with Crippen LogP contribution in [0.15, 0.2) is 30.3 Å². The lowest BCUT2D eigenvalue weighted by Crippen LogP contribution is -2.30. The molecular formula is C21H22ClNO5. The van der Waals surface area contributed by atoms with Gasteiger partial charge in [0.2, 0.25) is 0 Å². The molecule has 28 heavy (non-hydrogen) atoms. The van der Waals surface area contributed by atoms with Crippen LogP contribution in [0.5, 0.6) is 11.5 Å². The van der Waals surface area contributed by atoms with Crippen LogP contribution in [-0.2, 0) is 9.53 Å². The van der Waals surface area contributed by atoms with Gasteiger partial charge in [-0.15, -0.1) is 0 Å². The monoisotopic (exact) mass is 403 g/mol. The number of para-hydroxylation sites is 1. The molecule has 0 bridgehead atoms. The minimum atomic E-state index is -0.985. The maximum absolute atomic E-state index is 12.5. The summed E-state index contributed by atoms with van der Waals surface area (Å²) in [7, 11) is 0. The van der Waals surface area contributed by atoms with E-state index < -0.39 is 18.0 Å². The largest absolute Gasteiger partial charge is 0.489 e. The second kappa shape index (κ2) is 8.52. The first-order valence-corrected chi connectivity index (χ1v) is 9.42. The first-order valence-electron chi connectivity index (χ1n) is 9.04. The van der Waals surface area contributed by atoms with Crippen molar-refractivity contribution in [3.63, 3.8) is 0 Å². The summed E-state index contributed by atoms with van der Waals surface area (Å²) in [5, 5.41) is 3.08. The number of hydrogen-bond acceptors (Lipinski definition) is 5. The minimum Gasteiger partial charge on any atom is -0.489 e. The molecule has 7 heteroatoms. The number of rotatable bonds is 4. The van der Waals surface area contributed by atoms with Gasteiger partial charge in [0.15, 0.2) is 17.6 Å². The summed E-state index contributed by atoms with van der Waals surface area (Å²) in [6.45, 7) is 6.28. The van der Waals surface area contributed by atoms with Crippen molar-refractivity contribution in [1.82, 2.24) is 0 Å². The van der Waals surface area contributed by atoms with Crippen molar-refractivity contribution < 1.29 is 23.8 Å². The highest BCUT2D eigenvalue weighted by atomic mass is 35.5. The molecule has 3 rings (SSSR count). The molecule has 1 aliphatic heterocycles. The third-order valence-electron chi connectivity index (χ3n) is 4.42. The van der Waals surface area contributed by atoms with Crippen molar-refractivity contribution >= 4 is 29.2 Å². The molecule has 1 amide bonds. The number of ether oxygens (including phenoxy) is 3. The Morgan fingerprint density at radius 1 is 1.14 bits per heavy atom. The number of hydrogen-bond donors (Lipinski definition) is 1. The lowest BCUT2D eigenvalue weighted by molar-refractivity contribution is -0.123. The molecule has 0 saturated carbocycles. The van der Waals surface area contributed by atoms with Gasteiger partial charge < -0.3 is 19.5 Å². The Labute approximate surface area is 168 Å². The highest BCUT2D eigenvalue weighted by Crippen LogP contribution is 2.38. The normalized spacial score (nSPS) is 14.0. The van der Waals surface area contributed by atoms with Gasteiger partial charge in [0.05, 0.1) is 23.8 Å². The van der Waals surface area contributed by atoms with Gasteiger partial charge in [-0.3, -0.25) is 4.79 Å². The van der Waals surface area contributed by atoms with Gasteiger partial charge in [0.25, 0.3) is 5.91 Å². The average molecular weight is 404 g/mol. The number of anilines is 1. The van der Waals surface area contributed by atoms with E-state index in [9.17, 15) is 9.59 Å². The zero-order valence-electron chi connectivity index (χ0n) is 16.0. The first kappa shape index (κ1) is 20.0. The second-order valence-electron chi connectivity index (χ2n) is 6.64. The summed E-state index contributed by atoms with van der Waals surface area (Å²) in [4.78, 5) is 25.0. The molecule has 0 aromatic heterocycles. The fourth-order valence-electron chi connectivity index (χ4n) is 2.87. The van der Waals surface area contributed by atoms with Crippen molar-refractivity contribution in [2.24, 2.45) is 0 Å². The third kappa shape index (κ3) is 4.39. The number of amides is 1. The number of esters is 1. The maximum atomic E-state index is 12.5. The first-order chi connectivity index (χ1) is 13.4. The molecule has 0 unspecified atom stereocenters. The van der Waals surface area contributed by atoms with Crippen molar-refractivity contribution in [3.8, 4) is 11.5 Å². The highest BCUT2D eigenvalue weighted by molar-refractivity contribution is 6.32. The average Bonchev–Trinajstić information content (AvgIpc) is 2.90. The maximum Gasteiger partial charge on any atom is 0.339 e. The Bertz CT molecular complexity index is 892. The van der Waals surface area contributed by atoms with E-state index >= 15 is 0 Å². The standard InChI is InChI=1S/C21H22ClNO5/c1-12-6-4-7-13(2)18(12)23-20(24)14(3)28-21(25)15-10-16(22)19-17(11-15)26-8-5-9-27-19/h4,6-7,10-11,14H,5,8-9H2,1-3H3,(H,23,24)/t14-/m0/s1. The summed E-state index contributed by atoms with van der Waals surface area (Å²) < 4.78 is 16.5. The van der Waals surface area contributed by atoms with Crippen LogP contribution in [0, 0.1) is 13.8 Å². The molecule has 148 valence electrons. The quantitative estimate of drug-likeness (QED) is 0.770. The lowest BCUT2D eigenvalue weighted by atomic mass is 10.1. The van der Waals surface area contributed by atoms with Crippen LogP contribution in [0.3, 0.4) is 0 Å². The van der Waals surface area contributed by atoms with E-state index in [-0.39, 0.29) is 10.6 Å². The van der Waals surface area contributed by atoms with Gasteiger partial charge in [-0.25, -0.2) is 4.79 Å². The number of halogens is 1. The molecule has 2 aromatic rings. The minimum absolute atomic E-state index is 0.195. The van der Waals surface area contributed by atoms with Gasteiger partial charge >= 0.3 is 5.97 Å². The zero-order chi connectivity index (χ0) is 20.3. The molecule has 1 N–H and O–H groups in total. The van der Waals surface area contributed by atoms with E-state index in [1.165, 1.54) is 19.1 Å². The van der Waals surface area contributed by atoms with Gasteiger partial charge in [-0.1, -0.05) is 29.8 Å². The molecule has 0 radical (unpaired) electrons. The lowest BCUT2D eigenvalue weighted by Gasteiger charge is -2.17. The topological polar surface area (TPSA) is 73.9 Å². The molecule has 1 aliphatic rings. The van der Waals surface area contributed by atoms with Crippen molar-refractivity contribution in [1.29, 1.82) is 0 Å². The third-order valence-corrected chi connectivity index (χ3v) is 4.70. The van der Waals surface area contributed by atoms with Gasteiger partial charge in [0.1, 0.15) is 0 Å². The number of carbonyl (C=O) groups excluding carboxylic acids is 2. The Hall–Kier alpha value is -2.73. The predicted octanol–water partition coefficient (Wildman–Crippen LogP) is 4.30. The fourth-order valence-corrected chi connectivity index (χ4v) is 3.13. The molecule has 1 atom stereocenters. The summed E-state index contributed by atoms with van der Waals surface area (Å²) >= 11 is 6.21. The zero-order valence-corrected chi connectivity index (χ0v) is 16.8.